The first kappa shape index (κ1) is 17.4. The van der Waals surface area contributed by atoms with Crippen LogP contribution >= 0.6 is 0 Å². The van der Waals surface area contributed by atoms with Crippen LogP contribution in [0, 0.1) is 5.82 Å². The maximum atomic E-state index is 14.3. The second-order valence-corrected chi connectivity index (χ2v) is 6.39. The van der Waals surface area contributed by atoms with Gasteiger partial charge >= 0.3 is 6.09 Å². The largest absolute Gasteiger partial charge is 0.412 e. The molecule has 1 aliphatic carbocycles. The van der Waals surface area contributed by atoms with Gasteiger partial charge < -0.3 is 15.4 Å². The Kier molecular flexibility index (Phi) is 5.66. The number of carbonyl (C=O) groups is 1. The molecule has 0 saturated heterocycles. The number of rotatable bonds is 5. The van der Waals surface area contributed by atoms with Gasteiger partial charge in [-0.2, -0.15) is 0 Å². The van der Waals surface area contributed by atoms with E-state index < -0.39 is 6.09 Å². The lowest BCUT2D eigenvalue weighted by Crippen LogP contribution is -2.34. The Morgan fingerprint density at radius 3 is 2.76 bits per heavy atom. The highest BCUT2D eigenvalue weighted by atomic mass is 19.1. The summed E-state index contributed by atoms with van der Waals surface area (Å²) in [4.78, 5) is 12.0. The van der Waals surface area contributed by atoms with Crippen LogP contribution in [0.2, 0.25) is 0 Å². The van der Waals surface area contributed by atoms with E-state index in [0.29, 0.717) is 17.9 Å². The van der Waals surface area contributed by atoms with Crippen molar-refractivity contribution in [1.82, 2.24) is 10.6 Å². The molecule has 1 saturated carbocycles. The molecule has 0 bridgehead atoms. The van der Waals surface area contributed by atoms with Gasteiger partial charge in [0.1, 0.15) is 11.6 Å². The third-order valence-electron chi connectivity index (χ3n) is 4.44. The Balaban J connectivity index is 1.75. The minimum absolute atomic E-state index is 0.186. The fraction of sp³-hybridized carbons (Fsp3) is 0.350. The summed E-state index contributed by atoms with van der Waals surface area (Å²) in [5.74, 6) is -0.00363. The van der Waals surface area contributed by atoms with Crippen molar-refractivity contribution in [2.45, 2.75) is 38.3 Å². The van der Waals surface area contributed by atoms with Gasteiger partial charge in [0, 0.05) is 18.2 Å². The fourth-order valence-electron chi connectivity index (χ4n) is 3.22. The summed E-state index contributed by atoms with van der Waals surface area (Å²) in [5, 5.41) is 5.94. The lowest BCUT2D eigenvalue weighted by molar-refractivity contribution is 0.196. The van der Waals surface area contributed by atoms with Crippen molar-refractivity contribution < 1.29 is 13.9 Å². The van der Waals surface area contributed by atoms with Crippen LogP contribution in [0.1, 0.15) is 31.2 Å². The van der Waals surface area contributed by atoms with E-state index in [0.717, 1.165) is 36.8 Å². The van der Waals surface area contributed by atoms with Gasteiger partial charge in [0.15, 0.2) is 0 Å². The molecule has 1 fully saturated rings. The maximum Gasteiger partial charge on any atom is 0.412 e. The average Bonchev–Trinajstić information content (AvgIpc) is 3.10. The predicted octanol–water partition coefficient (Wildman–Crippen LogP) is 4.24. The minimum Gasteiger partial charge on any atom is -0.410 e. The standard InChI is InChI=1S/C20H23FN2O2/c1-22-13-14-5-4-6-15(11-14)18-12-17(9-10-19(18)21)25-20(24)23-16-7-2-3-8-16/h4-6,9-12,16,22H,2-3,7-8,13H2,1H3,(H,23,24). The highest BCUT2D eigenvalue weighted by Crippen LogP contribution is 2.28. The molecule has 25 heavy (non-hydrogen) atoms. The molecular weight excluding hydrogens is 319 g/mol. The van der Waals surface area contributed by atoms with Crippen LogP contribution < -0.4 is 15.4 Å². The van der Waals surface area contributed by atoms with E-state index in [-0.39, 0.29) is 11.9 Å². The van der Waals surface area contributed by atoms with Gasteiger partial charge in [0.2, 0.25) is 0 Å². The van der Waals surface area contributed by atoms with Crippen LogP contribution in [0.4, 0.5) is 9.18 Å². The van der Waals surface area contributed by atoms with E-state index in [1.807, 2.05) is 31.3 Å². The molecule has 2 aromatic rings. The average molecular weight is 342 g/mol. The van der Waals surface area contributed by atoms with E-state index in [9.17, 15) is 9.18 Å². The number of benzene rings is 2. The van der Waals surface area contributed by atoms with E-state index in [2.05, 4.69) is 10.6 Å². The second-order valence-electron chi connectivity index (χ2n) is 6.39. The summed E-state index contributed by atoms with van der Waals surface area (Å²) >= 11 is 0. The number of nitrogens with one attached hydrogen (secondary N) is 2. The second kappa shape index (κ2) is 8.12. The summed E-state index contributed by atoms with van der Waals surface area (Å²) in [6.45, 7) is 0.704. The topological polar surface area (TPSA) is 50.4 Å². The van der Waals surface area contributed by atoms with Gasteiger partial charge in [0.25, 0.3) is 0 Å². The predicted molar refractivity (Wildman–Crippen MR) is 96.0 cm³/mol. The number of ether oxygens (including phenoxy) is 1. The lowest BCUT2D eigenvalue weighted by Gasteiger charge is -2.13. The Morgan fingerprint density at radius 1 is 1.20 bits per heavy atom. The number of halogens is 1. The Morgan fingerprint density at radius 2 is 2.00 bits per heavy atom. The van der Waals surface area contributed by atoms with E-state index in [1.54, 1.807) is 6.07 Å². The van der Waals surface area contributed by atoms with Crippen molar-refractivity contribution in [2.75, 3.05) is 7.05 Å². The van der Waals surface area contributed by atoms with E-state index in [4.69, 9.17) is 4.74 Å². The molecule has 0 unspecified atom stereocenters. The summed E-state index contributed by atoms with van der Waals surface area (Å²) < 4.78 is 19.6. The molecule has 2 N–H and O–H groups in total. The molecule has 132 valence electrons. The van der Waals surface area contributed by atoms with Crippen molar-refractivity contribution in [3.8, 4) is 16.9 Å². The van der Waals surface area contributed by atoms with Crippen molar-refractivity contribution in [3.63, 3.8) is 0 Å². The van der Waals surface area contributed by atoms with Gasteiger partial charge in [-0.25, -0.2) is 9.18 Å². The molecule has 0 aliphatic heterocycles. The zero-order valence-electron chi connectivity index (χ0n) is 14.3. The summed E-state index contributed by atoms with van der Waals surface area (Å²) in [6.07, 6.45) is 3.76. The third kappa shape index (κ3) is 4.57. The molecule has 4 nitrogen and oxygen atoms in total. The van der Waals surface area contributed by atoms with Gasteiger partial charge in [-0.1, -0.05) is 31.0 Å². The number of hydrogen-bond donors (Lipinski definition) is 2. The molecule has 0 atom stereocenters. The molecule has 0 spiro atoms. The number of amides is 1. The van der Waals surface area contributed by atoms with Crippen LogP contribution in [0.5, 0.6) is 5.75 Å². The third-order valence-corrected chi connectivity index (χ3v) is 4.44. The highest BCUT2D eigenvalue weighted by molar-refractivity contribution is 5.72. The normalized spacial score (nSPS) is 14.5. The van der Waals surface area contributed by atoms with Crippen molar-refractivity contribution in [1.29, 1.82) is 0 Å². The maximum absolute atomic E-state index is 14.3. The van der Waals surface area contributed by atoms with Gasteiger partial charge in [-0.15, -0.1) is 0 Å². The first-order valence-electron chi connectivity index (χ1n) is 8.67. The molecule has 3 rings (SSSR count). The van der Waals surface area contributed by atoms with Crippen molar-refractivity contribution in [2.24, 2.45) is 0 Å². The quantitative estimate of drug-likeness (QED) is 0.854. The fourth-order valence-corrected chi connectivity index (χ4v) is 3.22. The van der Waals surface area contributed by atoms with Crippen molar-refractivity contribution >= 4 is 6.09 Å². The van der Waals surface area contributed by atoms with Gasteiger partial charge in [-0.3, -0.25) is 0 Å². The van der Waals surface area contributed by atoms with Crippen LogP contribution in [0.3, 0.4) is 0 Å². The summed E-state index contributed by atoms with van der Waals surface area (Å²) in [6, 6.07) is 12.2. The summed E-state index contributed by atoms with van der Waals surface area (Å²) in [5.41, 5.74) is 2.24. The Labute approximate surface area is 147 Å². The SMILES string of the molecule is CNCc1cccc(-c2cc(OC(=O)NC3CCCC3)ccc2F)c1. The Hall–Kier alpha value is -2.40. The molecule has 1 amide bonds. The Bertz CT molecular complexity index is 742. The minimum atomic E-state index is -0.478. The molecule has 5 heteroatoms. The first-order chi connectivity index (χ1) is 12.2. The molecule has 1 aliphatic rings. The zero-order valence-corrected chi connectivity index (χ0v) is 14.3. The van der Waals surface area contributed by atoms with E-state index >= 15 is 0 Å². The lowest BCUT2D eigenvalue weighted by atomic mass is 10.0. The molecule has 0 aromatic heterocycles. The molecular formula is C20H23FN2O2. The van der Waals surface area contributed by atoms with Gasteiger partial charge in [-0.05, 0) is 55.3 Å². The van der Waals surface area contributed by atoms with Crippen molar-refractivity contribution in [3.05, 3.63) is 53.8 Å². The van der Waals surface area contributed by atoms with Crippen LogP contribution in [-0.2, 0) is 6.54 Å². The van der Waals surface area contributed by atoms with Crippen LogP contribution in [0.25, 0.3) is 11.1 Å². The zero-order chi connectivity index (χ0) is 17.6. The summed E-state index contributed by atoms with van der Waals surface area (Å²) in [7, 11) is 1.87. The number of carbonyl (C=O) groups excluding carboxylic acids is 1. The highest BCUT2D eigenvalue weighted by Gasteiger charge is 2.18. The molecule has 0 radical (unpaired) electrons. The van der Waals surface area contributed by atoms with E-state index in [1.165, 1.54) is 12.1 Å². The molecule has 2 aromatic carbocycles. The van der Waals surface area contributed by atoms with Crippen LogP contribution in [-0.4, -0.2) is 19.2 Å². The smallest absolute Gasteiger partial charge is 0.410 e. The van der Waals surface area contributed by atoms with Gasteiger partial charge in [0.05, 0.1) is 0 Å². The van der Waals surface area contributed by atoms with Crippen LogP contribution in [0.15, 0.2) is 42.5 Å². The number of hydrogen-bond acceptors (Lipinski definition) is 3. The molecule has 0 heterocycles. The first-order valence-corrected chi connectivity index (χ1v) is 8.67. The monoisotopic (exact) mass is 342 g/mol.